The lowest BCUT2D eigenvalue weighted by atomic mass is 9.93. The molecule has 128 valence electrons. The molecular formula is C18H13F2NO3S. The van der Waals surface area contributed by atoms with E-state index in [0.717, 1.165) is 12.1 Å². The molecule has 0 amide bonds. The van der Waals surface area contributed by atoms with E-state index in [2.05, 4.69) is 0 Å². The van der Waals surface area contributed by atoms with Crippen LogP contribution in [-0.2, 0) is 10.0 Å². The lowest BCUT2D eigenvalue weighted by Gasteiger charge is -2.13. The molecule has 0 aliphatic rings. The molecule has 25 heavy (non-hydrogen) atoms. The van der Waals surface area contributed by atoms with E-state index in [1.807, 2.05) is 0 Å². The van der Waals surface area contributed by atoms with Crippen molar-refractivity contribution in [1.82, 2.24) is 0 Å². The Labute approximate surface area is 143 Å². The second kappa shape index (κ2) is 6.27. The first-order chi connectivity index (χ1) is 11.8. The van der Waals surface area contributed by atoms with Crippen LogP contribution in [0.2, 0.25) is 0 Å². The summed E-state index contributed by atoms with van der Waals surface area (Å²) in [6.45, 7) is 0. The van der Waals surface area contributed by atoms with Gasteiger partial charge in [-0.1, -0.05) is 30.3 Å². The standard InChI is InChI=1S/C18H13F2NO3S/c19-15-9-6-12(10-16(15)20)18-14(2-1-3-17(18)22)11-4-7-13(8-5-11)25(21,23)24/h1-10,22H,(H2,21,23,24). The number of hydrogen-bond acceptors (Lipinski definition) is 3. The lowest BCUT2D eigenvalue weighted by molar-refractivity contribution is 0.477. The lowest BCUT2D eigenvalue weighted by Crippen LogP contribution is -2.11. The second-order valence-electron chi connectivity index (χ2n) is 5.40. The van der Waals surface area contributed by atoms with Gasteiger partial charge in [0.25, 0.3) is 0 Å². The number of nitrogens with two attached hydrogens (primary N) is 1. The van der Waals surface area contributed by atoms with Crippen molar-refractivity contribution in [3.05, 3.63) is 72.3 Å². The van der Waals surface area contributed by atoms with Crippen LogP contribution in [0.3, 0.4) is 0 Å². The smallest absolute Gasteiger partial charge is 0.238 e. The first-order valence-electron chi connectivity index (χ1n) is 7.18. The summed E-state index contributed by atoms with van der Waals surface area (Å²) in [5.74, 6) is -2.13. The van der Waals surface area contributed by atoms with Crippen LogP contribution in [0.1, 0.15) is 0 Å². The van der Waals surface area contributed by atoms with E-state index in [0.29, 0.717) is 22.3 Å². The molecule has 3 rings (SSSR count). The third kappa shape index (κ3) is 3.38. The molecule has 0 heterocycles. The highest BCUT2D eigenvalue weighted by molar-refractivity contribution is 7.89. The van der Waals surface area contributed by atoms with Gasteiger partial charge in [-0.2, -0.15) is 0 Å². The minimum absolute atomic E-state index is 0.0502. The molecule has 0 saturated carbocycles. The van der Waals surface area contributed by atoms with Crippen molar-refractivity contribution in [2.45, 2.75) is 4.90 Å². The molecule has 0 unspecified atom stereocenters. The Morgan fingerprint density at radius 2 is 1.48 bits per heavy atom. The number of aromatic hydroxyl groups is 1. The number of phenolic OH excluding ortho intramolecular Hbond substituents is 1. The molecule has 0 aliphatic heterocycles. The van der Waals surface area contributed by atoms with Crippen molar-refractivity contribution in [3.63, 3.8) is 0 Å². The molecule has 0 fully saturated rings. The monoisotopic (exact) mass is 361 g/mol. The third-order valence-corrected chi connectivity index (χ3v) is 4.67. The molecular weight excluding hydrogens is 348 g/mol. The van der Waals surface area contributed by atoms with Gasteiger partial charge in [0, 0.05) is 5.56 Å². The predicted octanol–water partition coefficient (Wildman–Crippen LogP) is 3.65. The van der Waals surface area contributed by atoms with Crippen LogP contribution in [0.25, 0.3) is 22.3 Å². The van der Waals surface area contributed by atoms with E-state index >= 15 is 0 Å². The molecule has 3 aromatic rings. The average Bonchev–Trinajstić information content (AvgIpc) is 2.57. The van der Waals surface area contributed by atoms with Gasteiger partial charge in [-0.15, -0.1) is 0 Å². The summed E-state index contributed by atoms with van der Waals surface area (Å²) in [5.41, 5.74) is 1.72. The Morgan fingerprint density at radius 1 is 0.840 bits per heavy atom. The maximum absolute atomic E-state index is 13.6. The number of primary sulfonamides is 1. The Hall–Kier alpha value is -2.77. The summed E-state index contributed by atoms with van der Waals surface area (Å²) in [6, 6.07) is 13.8. The van der Waals surface area contributed by atoms with Gasteiger partial charge in [0.2, 0.25) is 10.0 Å². The summed E-state index contributed by atoms with van der Waals surface area (Å²) in [7, 11) is -3.82. The Bertz CT molecular complexity index is 1050. The van der Waals surface area contributed by atoms with Gasteiger partial charge in [-0.05, 0) is 47.0 Å². The molecule has 7 heteroatoms. The summed E-state index contributed by atoms with van der Waals surface area (Å²) in [5, 5.41) is 15.3. The fourth-order valence-electron chi connectivity index (χ4n) is 2.56. The summed E-state index contributed by atoms with van der Waals surface area (Å²) in [4.78, 5) is -0.0502. The van der Waals surface area contributed by atoms with Gasteiger partial charge in [-0.25, -0.2) is 22.3 Å². The number of halogens is 2. The van der Waals surface area contributed by atoms with Gasteiger partial charge in [0.05, 0.1) is 4.90 Å². The Kier molecular flexibility index (Phi) is 4.28. The first-order valence-corrected chi connectivity index (χ1v) is 8.72. The van der Waals surface area contributed by atoms with Crippen molar-refractivity contribution >= 4 is 10.0 Å². The highest BCUT2D eigenvalue weighted by atomic mass is 32.2. The first kappa shape index (κ1) is 17.1. The van der Waals surface area contributed by atoms with E-state index in [1.165, 1.54) is 36.4 Å². The topological polar surface area (TPSA) is 80.4 Å². The SMILES string of the molecule is NS(=O)(=O)c1ccc(-c2cccc(O)c2-c2ccc(F)c(F)c2)cc1. The van der Waals surface area contributed by atoms with Crippen molar-refractivity contribution in [2.24, 2.45) is 5.14 Å². The highest BCUT2D eigenvalue weighted by Gasteiger charge is 2.15. The normalized spacial score (nSPS) is 11.5. The van der Waals surface area contributed by atoms with Gasteiger partial charge in [-0.3, -0.25) is 0 Å². The van der Waals surface area contributed by atoms with Crippen LogP contribution in [0.15, 0.2) is 65.6 Å². The number of phenols is 1. The molecule has 0 saturated heterocycles. The number of sulfonamides is 1. The van der Waals surface area contributed by atoms with Crippen molar-refractivity contribution in [3.8, 4) is 28.0 Å². The minimum atomic E-state index is -3.82. The van der Waals surface area contributed by atoms with Crippen molar-refractivity contribution in [1.29, 1.82) is 0 Å². The zero-order valence-corrected chi connectivity index (χ0v) is 13.6. The zero-order chi connectivity index (χ0) is 18.2. The van der Waals surface area contributed by atoms with Crippen LogP contribution in [0, 0.1) is 11.6 Å². The molecule has 0 bridgehead atoms. The van der Waals surface area contributed by atoms with Crippen LogP contribution < -0.4 is 5.14 Å². The Balaban J connectivity index is 2.18. The molecule has 3 aromatic carbocycles. The highest BCUT2D eigenvalue weighted by Crippen LogP contribution is 2.39. The molecule has 0 spiro atoms. The van der Waals surface area contributed by atoms with Crippen LogP contribution >= 0.6 is 0 Å². The molecule has 0 aromatic heterocycles. The van der Waals surface area contributed by atoms with Crippen molar-refractivity contribution < 1.29 is 22.3 Å². The van der Waals surface area contributed by atoms with E-state index in [9.17, 15) is 22.3 Å². The molecule has 3 N–H and O–H groups in total. The largest absolute Gasteiger partial charge is 0.507 e. The van der Waals surface area contributed by atoms with Gasteiger partial charge < -0.3 is 5.11 Å². The quantitative estimate of drug-likeness (QED) is 0.747. The fourth-order valence-corrected chi connectivity index (χ4v) is 3.08. The van der Waals surface area contributed by atoms with Crippen LogP contribution in [0.4, 0.5) is 8.78 Å². The molecule has 0 radical (unpaired) electrons. The maximum Gasteiger partial charge on any atom is 0.238 e. The summed E-state index contributed by atoms with van der Waals surface area (Å²) < 4.78 is 49.5. The van der Waals surface area contributed by atoms with E-state index in [-0.39, 0.29) is 10.6 Å². The molecule has 0 aliphatic carbocycles. The van der Waals surface area contributed by atoms with Crippen LogP contribution in [0.5, 0.6) is 5.75 Å². The zero-order valence-electron chi connectivity index (χ0n) is 12.8. The van der Waals surface area contributed by atoms with E-state index in [1.54, 1.807) is 12.1 Å². The van der Waals surface area contributed by atoms with Crippen LogP contribution in [-0.4, -0.2) is 13.5 Å². The number of rotatable bonds is 3. The fraction of sp³-hybridized carbons (Fsp3) is 0. The van der Waals surface area contributed by atoms with E-state index in [4.69, 9.17) is 5.14 Å². The van der Waals surface area contributed by atoms with E-state index < -0.39 is 21.7 Å². The molecule has 4 nitrogen and oxygen atoms in total. The van der Waals surface area contributed by atoms with Gasteiger partial charge in [0.1, 0.15) is 5.75 Å². The minimum Gasteiger partial charge on any atom is -0.507 e. The third-order valence-electron chi connectivity index (χ3n) is 3.74. The van der Waals surface area contributed by atoms with Gasteiger partial charge >= 0.3 is 0 Å². The van der Waals surface area contributed by atoms with Crippen molar-refractivity contribution in [2.75, 3.05) is 0 Å². The second-order valence-corrected chi connectivity index (χ2v) is 6.96. The maximum atomic E-state index is 13.6. The summed E-state index contributed by atoms with van der Waals surface area (Å²) >= 11 is 0. The Morgan fingerprint density at radius 3 is 2.08 bits per heavy atom. The summed E-state index contributed by atoms with van der Waals surface area (Å²) in [6.07, 6.45) is 0. The van der Waals surface area contributed by atoms with Gasteiger partial charge in [0.15, 0.2) is 11.6 Å². The number of benzene rings is 3. The average molecular weight is 361 g/mol. The predicted molar refractivity (Wildman–Crippen MR) is 90.3 cm³/mol. The number of hydrogen-bond donors (Lipinski definition) is 2. The molecule has 0 atom stereocenters.